The largest absolute Gasteiger partial charge is 0.490 e. The molecule has 0 spiro atoms. The molecule has 19 nitrogen and oxygen atoms in total. The molecule has 0 aliphatic carbocycles. The van der Waals surface area contributed by atoms with Gasteiger partial charge in [-0.2, -0.15) is 8.62 Å². The van der Waals surface area contributed by atoms with Crippen LogP contribution in [-0.2, 0) is 36.4 Å². The summed E-state index contributed by atoms with van der Waals surface area (Å²) in [6.45, 7) is -0.480. The van der Waals surface area contributed by atoms with Crippen molar-refractivity contribution < 1.29 is 66.2 Å². The van der Waals surface area contributed by atoms with Crippen LogP contribution in [0.15, 0.2) is 21.9 Å². The minimum absolute atomic E-state index is 0.0966. The van der Waals surface area contributed by atoms with Crippen LogP contribution in [0.4, 0.5) is 0 Å². The number of hydrogen-bond acceptors (Lipinski definition) is 12. The Balaban J connectivity index is 2.00. The Kier molecular flexibility index (Phi) is 12.8. The number of ether oxygens (including phenoxy) is 1. The number of carbonyl (C=O) groups is 1. The summed E-state index contributed by atoms with van der Waals surface area (Å²) in [6, 6.07) is 0. The van der Waals surface area contributed by atoms with E-state index in [0.717, 1.165) is 35.8 Å². The smallest absolute Gasteiger partial charge is 0.396 e. The van der Waals surface area contributed by atoms with Gasteiger partial charge in [0.25, 0.3) is 5.56 Å². The molecule has 1 amide bonds. The minimum Gasteiger partial charge on any atom is -0.396 e. The molecular formula is C18H30N3O16P3. The second kappa shape index (κ2) is 14.9. The standard InChI is InChI=1S/C18H30N3O16P3/c22-8-4-2-1-3-7-19-15(24)6-5-12-10-21(18(26)20-17(12)25)16-9-13(23)14(35-16)11-34-39(30,31)37-40(32,33)36-38(27,28)29/h5-6,10,13-14,16,22-23H,1-4,7-9,11H2,(H,19,24)(H,30,31)(H,32,33)(H,20,25,26)(H2,27,28,29)/b6-5+/t13-,14+,16+/m0/s1. The molecule has 2 unspecified atom stereocenters. The first-order chi connectivity index (χ1) is 18.5. The summed E-state index contributed by atoms with van der Waals surface area (Å²) >= 11 is 0. The van der Waals surface area contributed by atoms with Gasteiger partial charge in [0.15, 0.2) is 0 Å². The first-order valence-corrected chi connectivity index (χ1v) is 16.1. The quantitative estimate of drug-likeness (QED) is 0.0626. The van der Waals surface area contributed by atoms with Crippen LogP contribution in [0, 0.1) is 0 Å². The lowest BCUT2D eigenvalue weighted by Gasteiger charge is -2.19. The summed E-state index contributed by atoms with van der Waals surface area (Å²) in [5, 5.41) is 21.6. The van der Waals surface area contributed by atoms with E-state index in [1.165, 1.54) is 0 Å². The molecule has 0 radical (unpaired) electrons. The lowest BCUT2D eigenvalue weighted by atomic mass is 10.2. The highest BCUT2D eigenvalue weighted by molar-refractivity contribution is 7.66. The third kappa shape index (κ3) is 12.0. The molecule has 0 bridgehead atoms. The summed E-state index contributed by atoms with van der Waals surface area (Å²) in [4.78, 5) is 74.3. The Morgan fingerprint density at radius 1 is 1.10 bits per heavy atom. The number of amides is 1. The summed E-state index contributed by atoms with van der Waals surface area (Å²) in [7, 11) is -16.8. The maximum Gasteiger partial charge on any atom is 0.490 e. The predicted octanol–water partition coefficient (Wildman–Crippen LogP) is -0.790. The molecule has 22 heteroatoms. The van der Waals surface area contributed by atoms with E-state index >= 15 is 0 Å². The van der Waals surface area contributed by atoms with E-state index in [9.17, 15) is 43.0 Å². The minimum atomic E-state index is -5.74. The first-order valence-electron chi connectivity index (χ1n) is 11.6. The molecule has 8 N–H and O–H groups in total. The number of unbranched alkanes of at least 4 members (excludes halogenated alkanes) is 3. The van der Waals surface area contributed by atoms with Crippen molar-refractivity contribution in [2.75, 3.05) is 19.8 Å². The molecule has 1 aromatic heterocycles. The van der Waals surface area contributed by atoms with Gasteiger partial charge >= 0.3 is 29.2 Å². The number of carbonyl (C=O) groups excluding carboxylic acids is 1. The molecule has 1 aromatic rings. The number of H-pyrrole nitrogens is 1. The summed E-state index contributed by atoms with van der Waals surface area (Å²) in [6.07, 6.45) is 1.93. The van der Waals surface area contributed by atoms with E-state index in [1.807, 2.05) is 4.98 Å². The first kappa shape index (κ1) is 34.4. The highest BCUT2D eigenvalue weighted by atomic mass is 31.3. The Morgan fingerprint density at radius 2 is 1.77 bits per heavy atom. The Morgan fingerprint density at radius 3 is 2.42 bits per heavy atom. The van der Waals surface area contributed by atoms with Crippen LogP contribution < -0.4 is 16.6 Å². The van der Waals surface area contributed by atoms with Gasteiger partial charge in [-0.3, -0.25) is 23.7 Å². The fourth-order valence-electron chi connectivity index (χ4n) is 3.37. The zero-order chi connectivity index (χ0) is 30.1. The van der Waals surface area contributed by atoms with E-state index in [4.69, 9.17) is 19.6 Å². The SMILES string of the molecule is O=C(/C=C/c1cn([C@H]2C[C@H](O)[C@@H](COP(=O)(O)OP(=O)(O)OP(=O)(O)O)O2)c(=O)[nH]c1=O)NCCCCCCO. The number of aliphatic hydroxyl groups is 2. The van der Waals surface area contributed by atoms with Crippen LogP contribution in [0.5, 0.6) is 0 Å². The number of phosphoric ester groups is 1. The lowest BCUT2D eigenvalue weighted by Crippen LogP contribution is -2.33. The van der Waals surface area contributed by atoms with Gasteiger partial charge in [-0.05, 0) is 18.9 Å². The molecule has 0 aromatic carbocycles. The number of nitrogens with one attached hydrogen (secondary N) is 2. The fraction of sp³-hybridized carbons (Fsp3) is 0.611. The van der Waals surface area contributed by atoms with Gasteiger partial charge in [0.1, 0.15) is 12.3 Å². The maximum atomic E-state index is 12.3. The molecule has 0 saturated carbocycles. The highest BCUT2D eigenvalue weighted by Gasteiger charge is 2.43. The Labute approximate surface area is 225 Å². The molecule has 5 atom stereocenters. The number of hydrogen-bond donors (Lipinski definition) is 8. The molecule has 1 saturated heterocycles. The van der Waals surface area contributed by atoms with Crippen molar-refractivity contribution in [3.05, 3.63) is 38.7 Å². The number of aromatic nitrogens is 2. The van der Waals surface area contributed by atoms with Gasteiger partial charge in [-0.15, -0.1) is 0 Å². The second-order valence-corrected chi connectivity index (χ2v) is 12.8. The number of rotatable bonds is 16. The molecule has 40 heavy (non-hydrogen) atoms. The lowest BCUT2D eigenvalue weighted by molar-refractivity contribution is -0.116. The zero-order valence-corrected chi connectivity index (χ0v) is 23.4. The normalized spacial score (nSPS) is 22.7. The van der Waals surface area contributed by atoms with Crippen molar-refractivity contribution in [2.45, 2.75) is 50.5 Å². The average molecular weight is 637 g/mol. The molecule has 228 valence electrons. The fourth-order valence-corrected chi connectivity index (χ4v) is 6.40. The number of nitrogens with zero attached hydrogens (tertiary/aromatic N) is 1. The van der Waals surface area contributed by atoms with Crippen molar-refractivity contribution in [2.24, 2.45) is 0 Å². The van der Waals surface area contributed by atoms with E-state index in [0.29, 0.717) is 19.4 Å². The van der Waals surface area contributed by atoms with Gasteiger partial charge in [0.05, 0.1) is 18.3 Å². The number of aliphatic hydroxyl groups excluding tert-OH is 2. The van der Waals surface area contributed by atoms with Crippen molar-refractivity contribution in [3.8, 4) is 0 Å². The molecule has 2 rings (SSSR count). The van der Waals surface area contributed by atoms with Crippen molar-refractivity contribution >= 4 is 35.5 Å². The third-order valence-electron chi connectivity index (χ3n) is 5.13. The Bertz CT molecular complexity index is 1310. The Hall–Kier alpha value is -1.82. The molecule has 1 fully saturated rings. The van der Waals surface area contributed by atoms with E-state index in [2.05, 4.69) is 18.5 Å². The average Bonchev–Trinajstić information content (AvgIpc) is 3.17. The predicted molar refractivity (Wildman–Crippen MR) is 133 cm³/mol. The van der Waals surface area contributed by atoms with Gasteiger partial charge < -0.3 is 39.8 Å². The molecule has 1 aliphatic rings. The van der Waals surface area contributed by atoms with Crippen LogP contribution in [0.3, 0.4) is 0 Å². The maximum absolute atomic E-state index is 12.3. The van der Waals surface area contributed by atoms with Gasteiger partial charge in [0.2, 0.25) is 5.91 Å². The summed E-state index contributed by atoms with van der Waals surface area (Å²) < 4.78 is 51.9. The molecule has 1 aliphatic heterocycles. The topological polar surface area (TPSA) is 293 Å². The van der Waals surface area contributed by atoms with Crippen LogP contribution in [0.1, 0.15) is 43.9 Å². The number of phosphoric acid groups is 3. The van der Waals surface area contributed by atoms with Crippen LogP contribution in [0.2, 0.25) is 0 Å². The van der Waals surface area contributed by atoms with Gasteiger partial charge in [-0.25, -0.2) is 18.5 Å². The summed E-state index contributed by atoms with van der Waals surface area (Å²) in [5.41, 5.74) is -1.88. The number of aromatic amines is 1. The van der Waals surface area contributed by atoms with E-state index < -0.39 is 65.7 Å². The third-order valence-corrected chi connectivity index (χ3v) is 8.93. The zero-order valence-electron chi connectivity index (χ0n) is 20.7. The van der Waals surface area contributed by atoms with Crippen LogP contribution in [0.25, 0.3) is 6.08 Å². The molecule has 2 heterocycles. The monoisotopic (exact) mass is 637 g/mol. The van der Waals surface area contributed by atoms with E-state index in [1.54, 1.807) is 0 Å². The highest BCUT2D eigenvalue weighted by Crippen LogP contribution is 2.66. The van der Waals surface area contributed by atoms with Gasteiger partial charge in [-0.1, -0.05) is 12.8 Å². The van der Waals surface area contributed by atoms with Crippen LogP contribution >= 0.6 is 23.5 Å². The molecular weight excluding hydrogens is 607 g/mol. The van der Waals surface area contributed by atoms with Crippen molar-refractivity contribution in [1.82, 2.24) is 14.9 Å². The second-order valence-electron chi connectivity index (χ2n) is 8.33. The van der Waals surface area contributed by atoms with Crippen molar-refractivity contribution in [3.63, 3.8) is 0 Å². The van der Waals surface area contributed by atoms with Crippen molar-refractivity contribution in [1.29, 1.82) is 0 Å². The summed E-state index contributed by atoms with van der Waals surface area (Å²) in [5.74, 6) is -0.502. The van der Waals surface area contributed by atoms with Gasteiger partial charge in [0, 0.05) is 31.8 Å². The van der Waals surface area contributed by atoms with E-state index in [-0.39, 0.29) is 18.6 Å². The van der Waals surface area contributed by atoms with Crippen LogP contribution in [-0.4, -0.2) is 77.2 Å².